The maximum atomic E-state index is 13.1. The van der Waals surface area contributed by atoms with E-state index in [0.29, 0.717) is 12.8 Å². The Morgan fingerprint density at radius 3 is 0.986 bits per heavy atom. The number of aliphatic hydroxyl groups excluding tert-OH is 5. The molecule has 9 heteroatoms. The molecule has 1 heterocycles. The molecule has 0 saturated carbocycles. The fourth-order valence-corrected chi connectivity index (χ4v) is 10.9. The van der Waals surface area contributed by atoms with E-state index in [4.69, 9.17) is 9.47 Å². The molecule has 0 aromatic heterocycles. The number of hydrogen-bond acceptors (Lipinski definition) is 8. The SMILES string of the molecule is CCCCCCCCCCCCCCCCCCCCCCCCCCCCCCCCCCCCC(=O)NC(COC1OC(CO)C(O)C(O)C1O)C(O)CCCCCCCCCCCCCCCCC. The van der Waals surface area contributed by atoms with Crippen molar-refractivity contribution >= 4 is 5.91 Å². The van der Waals surface area contributed by atoms with Crippen molar-refractivity contribution in [2.75, 3.05) is 13.2 Å². The topological polar surface area (TPSA) is 149 Å². The van der Waals surface area contributed by atoms with E-state index in [2.05, 4.69) is 19.2 Å². The van der Waals surface area contributed by atoms with Crippen molar-refractivity contribution in [3.8, 4) is 0 Å². The molecule has 72 heavy (non-hydrogen) atoms. The standard InChI is InChI=1S/C63H125NO8/c1-3-5-7-9-11-13-15-17-19-20-21-22-23-24-25-26-27-28-29-30-31-32-33-34-35-36-37-39-41-43-45-47-49-51-53-59(67)64-56(55-71-63-62(70)61(69)60(68)58(54-65)72-63)57(66)52-50-48-46-44-42-40-38-18-16-14-12-10-8-6-4-2/h56-58,60-63,65-66,68-70H,3-55H2,1-2H3,(H,64,67). The van der Waals surface area contributed by atoms with Gasteiger partial charge < -0.3 is 40.3 Å². The second-order valence-electron chi connectivity index (χ2n) is 22.9. The Hall–Kier alpha value is -0.810. The van der Waals surface area contributed by atoms with Gasteiger partial charge in [-0.15, -0.1) is 0 Å². The fourth-order valence-electron chi connectivity index (χ4n) is 10.9. The van der Waals surface area contributed by atoms with E-state index in [0.717, 1.165) is 38.5 Å². The van der Waals surface area contributed by atoms with E-state index in [-0.39, 0.29) is 12.5 Å². The number of ether oxygens (including phenoxy) is 2. The van der Waals surface area contributed by atoms with Crippen LogP contribution >= 0.6 is 0 Å². The predicted molar refractivity (Wildman–Crippen MR) is 304 cm³/mol. The van der Waals surface area contributed by atoms with Crippen molar-refractivity contribution in [3.63, 3.8) is 0 Å². The minimum Gasteiger partial charge on any atom is -0.394 e. The van der Waals surface area contributed by atoms with Gasteiger partial charge in [0.05, 0.1) is 25.4 Å². The number of carbonyl (C=O) groups is 1. The van der Waals surface area contributed by atoms with Gasteiger partial charge in [-0.1, -0.05) is 322 Å². The van der Waals surface area contributed by atoms with Crippen LogP contribution in [-0.2, 0) is 14.3 Å². The summed E-state index contributed by atoms with van der Waals surface area (Å²) in [5.74, 6) is -0.135. The highest BCUT2D eigenvalue weighted by Crippen LogP contribution is 2.24. The molecule has 0 spiro atoms. The monoisotopic (exact) mass is 1020 g/mol. The molecule has 1 amide bonds. The summed E-state index contributed by atoms with van der Waals surface area (Å²) >= 11 is 0. The normalized spacial score (nSPS) is 19.0. The minimum absolute atomic E-state index is 0.131. The molecule has 9 nitrogen and oxygen atoms in total. The van der Waals surface area contributed by atoms with E-state index < -0.39 is 49.5 Å². The first-order valence-corrected chi connectivity index (χ1v) is 32.2. The summed E-state index contributed by atoms with van der Waals surface area (Å²) in [6, 6.07) is -0.713. The average Bonchev–Trinajstić information content (AvgIpc) is 3.38. The summed E-state index contributed by atoms with van der Waals surface area (Å²) in [6.07, 6.45) is 58.8. The van der Waals surface area contributed by atoms with Crippen LogP contribution in [0.15, 0.2) is 0 Å². The molecule has 1 fully saturated rings. The van der Waals surface area contributed by atoms with Crippen LogP contribution in [0.25, 0.3) is 0 Å². The van der Waals surface area contributed by atoms with Gasteiger partial charge in [-0.2, -0.15) is 0 Å². The highest BCUT2D eigenvalue weighted by Gasteiger charge is 2.44. The number of amides is 1. The Kier molecular flexibility index (Phi) is 51.5. The molecule has 1 rings (SSSR count). The Balaban J connectivity index is 2.05. The average molecular weight is 1020 g/mol. The Morgan fingerprint density at radius 1 is 0.417 bits per heavy atom. The molecule has 0 aromatic carbocycles. The molecule has 430 valence electrons. The first kappa shape index (κ1) is 69.2. The van der Waals surface area contributed by atoms with Crippen LogP contribution in [0, 0.1) is 0 Å². The fraction of sp³-hybridized carbons (Fsp3) is 0.984. The van der Waals surface area contributed by atoms with Crippen LogP contribution < -0.4 is 5.32 Å². The van der Waals surface area contributed by atoms with Crippen LogP contribution in [0.2, 0.25) is 0 Å². The van der Waals surface area contributed by atoms with Gasteiger partial charge in [-0.05, 0) is 12.8 Å². The maximum Gasteiger partial charge on any atom is 0.220 e. The lowest BCUT2D eigenvalue weighted by molar-refractivity contribution is -0.302. The van der Waals surface area contributed by atoms with Crippen molar-refractivity contribution < 1.29 is 39.8 Å². The zero-order chi connectivity index (χ0) is 52.2. The van der Waals surface area contributed by atoms with E-state index in [9.17, 15) is 30.3 Å². The van der Waals surface area contributed by atoms with Gasteiger partial charge >= 0.3 is 0 Å². The van der Waals surface area contributed by atoms with Crippen LogP contribution in [-0.4, -0.2) is 87.5 Å². The first-order chi connectivity index (χ1) is 35.3. The second kappa shape index (κ2) is 53.6. The number of hydrogen-bond donors (Lipinski definition) is 6. The molecular formula is C63H125NO8. The summed E-state index contributed by atoms with van der Waals surface area (Å²) in [7, 11) is 0. The van der Waals surface area contributed by atoms with Crippen molar-refractivity contribution in [2.24, 2.45) is 0 Å². The molecule has 1 aliphatic rings. The predicted octanol–water partition coefficient (Wildman–Crippen LogP) is 16.6. The second-order valence-corrected chi connectivity index (χ2v) is 22.9. The Labute approximate surface area is 446 Å². The van der Waals surface area contributed by atoms with Crippen LogP contribution in [0.4, 0.5) is 0 Å². The maximum absolute atomic E-state index is 13.1. The van der Waals surface area contributed by atoms with Gasteiger partial charge in [0.25, 0.3) is 0 Å². The van der Waals surface area contributed by atoms with Gasteiger partial charge in [0.15, 0.2) is 6.29 Å². The molecular weight excluding hydrogens is 899 g/mol. The number of unbranched alkanes of at least 4 members (excludes halogenated alkanes) is 47. The summed E-state index contributed by atoms with van der Waals surface area (Å²) < 4.78 is 11.3. The van der Waals surface area contributed by atoms with Crippen LogP contribution in [0.1, 0.15) is 341 Å². The smallest absolute Gasteiger partial charge is 0.220 e. The Morgan fingerprint density at radius 2 is 0.694 bits per heavy atom. The van der Waals surface area contributed by atoms with Crippen molar-refractivity contribution in [1.82, 2.24) is 5.32 Å². The van der Waals surface area contributed by atoms with Crippen LogP contribution in [0.3, 0.4) is 0 Å². The lowest BCUT2D eigenvalue weighted by Crippen LogP contribution is -2.60. The number of carbonyl (C=O) groups excluding carboxylic acids is 1. The first-order valence-electron chi connectivity index (χ1n) is 32.2. The zero-order valence-electron chi connectivity index (χ0n) is 48.0. The molecule has 1 saturated heterocycles. The Bertz CT molecular complexity index is 1100. The molecule has 6 N–H and O–H groups in total. The third kappa shape index (κ3) is 42.3. The summed E-state index contributed by atoms with van der Waals surface area (Å²) in [6.45, 7) is 3.89. The quantitative estimate of drug-likeness (QED) is 0.0330. The van der Waals surface area contributed by atoms with Crippen molar-refractivity contribution in [1.29, 1.82) is 0 Å². The van der Waals surface area contributed by atoms with E-state index >= 15 is 0 Å². The largest absolute Gasteiger partial charge is 0.394 e. The van der Waals surface area contributed by atoms with E-state index in [1.54, 1.807) is 0 Å². The minimum atomic E-state index is -1.55. The van der Waals surface area contributed by atoms with E-state index in [1.165, 1.54) is 276 Å². The van der Waals surface area contributed by atoms with Gasteiger partial charge in [-0.25, -0.2) is 0 Å². The molecule has 0 aromatic rings. The van der Waals surface area contributed by atoms with Crippen molar-refractivity contribution in [2.45, 2.75) is 384 Å². The molecule has 0 radical (unpaired) electrons. The molecule has 7 unspecified atom stereocenters. The summed E-state index contributed by atoms with van der Waals surface area (Å²) in [5, 5.41) is 54.7. The third-order valence-electron chi connectivity index (χ3n) is 16.0. The number of nitrogens with one attached hydrogen (secondary N) is 1. The highest BCUT2D eigenvalue weighted by atomic mass is 16.7. The van der Waals surface area contributed by atoms with E-state index in [1.807, 2.05) is 0 Å². The lowest BCUT2D eigenvalue weighted by Gasteiger charge is -2.40. The highest BCUT2D eigenvalue weighted by molar-refractivity contribution is 5.76. The number of rotatable bonds is 57. The lowest BCUT2D eigenvalue weighted by atomic mass is 9.99. The number of aliphatic hydroxyl groups is 5. The van der Waals surface area contributed by atoms with Gasteiger partial charge in [0, 0.05) is 6.42 Å². The molecule has 0 aliphatic carbocycles. The van der Waals surface area contributed by atoms with Gasteiger partial charge in [0.2, 0.25) is 5.91 Å². The molecule has 7 atom stereocenters. The summed E-state index contributed by atoms with van der Waals surface area (Å²) in [5.41, 5.74) is 0. The third-order valence-corrected chi connectivity index (χ3v) is 16.0. The molecule has 1 aliphatic heterocycles. The zero-order valence-corrected chi connectivity index (χ0v) is 48.0. The van der Waals surface area contributed by atoms with Crippen molar-refractivity contribution in [3.05, 3.63) is 0 Å². The molecule has 0 bridgehead atoms. The van der Waals surface area contributed by atoms with Gasteiger partial charge in [-0.3, -0.25) is 4.79 Å². The summed E-state index contributed by atoms with van der Waals surface area (Å²) in [4.78, 5) is 13.1. The van der Waals surface area contributed by atoms with Gasteiger partial charge in [0.1, 0.15) is 24.4 Å². The van der Waals surface area contributed by atoms with Crippen LogP contribution in [0.5, 0.6) is 0 Å².